The molecule has 0 N–H and O–H groups in total. The predicted octanol–water partition coefficient (Wildman–Crippen LogP) is 3.53. The van der Waals surface area contributed by atoms with Gasteiger partial charge in [-0.2, -0.15) is 0 Å². The fourth-order valence-electron chi connectivity index (χ4n) is 2.61. The maximum atomic E-state index is 11.9. The maximum absolute atomic E-state index is 11.9. The summed E-state index contributed by atoms with van der Waals surface area (Å²) in [5, 5.41) is 0. The Balaban J connectivity index is 2.18. The predicted molar refractivity (Wildman–Crippen MR) is 81.0 cm³/mol. The van der Waals surface area contributed by atoms with Gasteiger partial charge in [-0.05, 0) is 6.42 Å². The van der Waals surface area contributed by atoms with E-state index in [0.717, 1.165) is 5.56 Å². The highest BCUT2D eigenvalue weighted by molar-refractivity contribution is 6.61. The fraction of sp³-hybridized carbons (Fsp3) is 0.375. The molecule has 1 aliphatic rings. The van der Waals surface area contributed by atoms with E-state index in [1.54, 1.807) is 6.08 Å². The SMILES string of the molecule is C=CCC1CN(C(OC(=O)Cl)c2ccccc2)CCC1=O. The first kappa shape index (κ1) is 15.7. The minimum Gasteiger partial charge on any atom is -0.430 e. The summed E-state index contributed by atoms with van der Waals surface area (Å²) in [5.41, 5.74) is -0.000717. The molecule has 0 radical (unpaired) electrons. The number of hydrogen-bond acceptors (Lipinski definition) is 4. The third-order valence-corrected chi connectivity index (χ3v) is 3.72. The second-order valence-corrected chi connectivity index (χ2v) is 5.36. The Labute approximate surface area is 129 Å². The number of benzene rings is 1. The van der Waals surface area contributed by atoms with Crippen molar-refractivity contribution >= 4 is 22.8 Å². The molecule has 21 heavy (non-hydrogen) atoms. The average molecular weight is 308 g/mol. The number of piperidine rings is 1. The number of carbonyl (C=O) groups excluding carboxylic acids is 2. The van der Waals surface area contributed by atoms with Crippen molar-refractivity contribution in [2.24, 2.45) is 5.92 Å². The number of rotatable bonds is 5. The van der Waals surface area contributed by atoms with Crippen LogP contribution in [0.1, 0.15) is 24.6 Å². The number of carbonyl (C=O) groups is 2. The molecule has 1 aromatic rings. The van der Waals surface area contributed by atoms with E-state index in [2.05, 4.69) is 6.58 Å². The van der Waals surface area contributed by atoms with E-state index in [9.17, 15) is 9.59 Å². The Bertz CT molecular complexity index is 518. The number of allylic oxidation sites excluding steroid dienone is 1. The quantitative estimate of drug-likeness (QED) is 0.617. The molecule has 0 aromatic heterocycles. The topological polar surface area (TPSA) is 46.6 Å². The molecule has 4 nitrogen and oxygen atoms in total. The van der Waals surface area contributed by atoms with Crippen LogP contribution in [0.2, 0.25) is 0 Å². The fourth-order valence-corrected chi connectivity index (χ4v) is 2.70. The zero-order valence-corrected chi connectivity index (χ0v) is 12.5. The summed E-state index contributed by atoms with van der Waals surface area (Å²) in [6, 6.07) is 9.40. The summed E-state index contributed by atoms with van der Waals surface area (Å²) in [5.74, 6) is 0.131. The normalized spacial score (nSPS) is 20.8. The molecule has 2 rings (SSSR count). The zero-order chi connectivity index (χ0) is 15.2. The molecular weight excluding hydrogens is 290 g/mol. The van der Waals surface area contributed by atoms with Crippen LogP contribution in [0.15, 0.2) is 43.0 Å². The molecular formula is C16H18ClNO3. The largest absolute Gasteiger partial charge is 0.430 e. The van der Waals surface area contributed by atoms with Gasteiger partial charge in [-0.15, -0.1) is 6.58 Å². The Hall–Kier alpha value is -1.65. The highest BCUT2D eigenvalue weighted by atomic mass is 35.5. The van der Waals surface area contributed by atoms with E-state index in [0.29, 0.717) is 25.9 Å². The van der Waals surface area contributed by atoms with Crippen LogP contribution < -0.4 is 0 Å². The van der Waals surface area contributed by atoms with E-state index in [1.165, 1.54) is 0 Å². The van der Waals surface area contributed by atoms with Crippen molar-refractivity contribution in [1.82, 2.24) is 4.90 Å². The second kappa shape index (κ2) is 7.38. The van der Waals surface area contributed by atoms with E-state index in [1.807, 2.05) is 35.2 Å². The van der Waals surface area contributed by atoms with Crippen molar-refractivity contribution in [3.63, 3.8) is 0 Å². The third-order valence-electron chi connectivity index (χ3n) is 3.63. The van der Waals surface area contributed by atoms with Crippen molar-refractivity contribution in [2.45, 2.75) is 19.1 Å². The minimum absolute atomic E-state index is 0.100. The Morgan fingerprint density at radius 3 is 2.81 bits per heavy atom. The van der Waals surface area contributed by atoms with Crippen molar-refractivity contribution < 1.29 is 14.3 Å². The van der Waals surface area contributed by atoms with Gasteiger partial charge in [-0.25, -0.2) is 4.79 Å². The first-order valence-corrected chi connectivity index (χ1v) is 7.28. The molecule has 112 valence electrons. The molecule has 1 aromatic carbocycles. The van der Waals surface area contributed by atoms with Crippen molar-refractivity contribution in [2.75, 3.05) is 13.1 Å². The number of likely N-dealkylation sites (tertiary alicyclic amines) is 1. The molecule has 0 amide bonds. The van der Waals surface area contributed by atoms with Crippen LogP contribution in [-0.4, -0.2) is 29.2 Å². The lowest BCUT2D eigenvalue weighted by Gasteiger charge is -2.36. The Kier molecular flexibility index (Phi) is 5.53. The summed E-state index contributed by atoms with van der Waals surface area (Å²) in [7, 11) is 0. The number of hydrogen-bond donors (Lipinski definition) is 0. The van der Waals surface area contributed by atoms with Crippen molar-refractivity contribution in [1.29, 1.82) is 0 Å². The summed E-state index contributed by atoms with van der Waals surface area (Å²) in [6.45, 7) is 4.78. The molecule has 2 unspecified atom stereocenters. The molecule has 1 fully saturated rings. The average Bonchev–Trinajstić information content (AvgIpc) is 2.48. The van der Waals surface area contributed by atoms with Gasteiger partial charge in [0.15, 0.2) is 6.23 Å². The summed E-state index contributed by atoms with van der Waals surface area (Å²) >= 11 is 5.40. The van der Waals surface area contributed by atoms with Gasteiger partial charge >= 0.3 is 5.43 Å². The molecule has 1 saturated heterocycles. The van der Waals surface area contributed by atoms with Gasteiger partial charge < -0.3 is 4.74 Å². The molecule has 1 aliphatic heterocycles. The van der Waals surface area contributed by atoms with E-state index in [4.69, 9.17) is 16.3 Å². The van der Waals surface area contributed by atoms with Gasteiger partial charge in [0.1, 0.15) is 5.78 Å². The Morgan fingerprint density at radius 2 is 2.19 bits per heavy atom. The molecule has 1 heterocycles. The van der Waals surface area contributed by atoms with Gasteiger partial charge in [-0.1, -0.05) is 36.4 Å². The number of Topliss-reactive ketones (excluding diaryl/α,β-unsaturated/α-hetero) is 1. The smallest absolute Gasteiger partial charge is 0.405 e. The molecule has 0 bridgehead atoms. The summed E-state index contributed by atoms with van der Waals surface area (Å²) in [4.78, 5) is 25.1. The van der Waals surface area contributed by atoms with Gasteiger partial charge in [-0.3, -0.25) is 9.69 Å². The summed E-state index contributed by atoms with van der Waals surface area (Å²) in [6.07, 6.45) is 2.27. The van der Waals surface area contributed by atoms with Crippen LogP contribution in [-0.2, 0) is 9.53 Å². The van der Waals surface area contributed by atoms with Crippen LogP contribution in [0.5, 0.6) is 0 Å². The first-order valence-electron chi connectivity index (χ1n) is 6.90. The van der Waals surface area contributed by atoms with Gasteiger partial charge in [0, 0.05) is 42.6 Å². The monoisotopic (exact) mass is 307 g/mol. The number of halogens is 1. The first-order chi connectivity index (χ1) is 10.1. The van der Waals surface area contributed by atoms with Gasteiger partial charge in [0.05, 0.1) is 0 Å². The molecule has 0 aliphatic carbocycles. The van der Waals surface area contributed by atoms with Gasteiger partial charge in [0.2, 0.25) is 0 Å². The number of nitrogens with zero attached hydrogens (tertiary/aromatic N) is 1. The highest BCUT2D eigenvalue weighted by Crippen LogP contribution is 2.28. The lowest BCUT2D eigenvalue weighted by molar-refractivity contribution is -0.129. The molecule has 5 heteroatoms. The molecule has 0 spiro atoms. The lowest BCUT2D eigenvalue weighted by Crippen LogP contribution is -2.43. The minimum atomic E-state index is -0.846. The maximum Gasteiger partial charge on any atom is 0.405 e. The lowest BCUT2D eigenvalue weighted by atomic mass is 9.93. The number of ketones is 1. The van der Waals surface area contributed by atoms with Gasteiger partial charge in [0.25, 0.3) is 0 Å². The van der Waals surface area contributed by atoms with Crippen molar-refractivity contribution in [3.05, 3.63) is 48.6 Å². The van der Waals surface area contributed by atoms with Crippen LogP contribution in [0.25, 0.3) is 0 Å². The van der Waals surface area contributed by atoms with Crippen LogP contribution in [0, 0.1) is 5.92 Å². The summed E-state index contributed by atoms with van der Waals surface area (Å²) < 4.78 is 5.25. The van der Waals surface area contributed by atoms with Crippen LogP contribution in [0.3, 0.4) is 0 Å². The van der Waals surface area contributed by atoms with Crippen LogP contribution in [0.4, 0.5) is 4.79 Å². The third kappa shape index (κ3) is 4.16. The van der Waals surface area contributed by atoms with Crippen LogP contribution >= 0.6 is 11.6 Å². The van der Waals surface area contributed by atoms with E-state index < -0.39 is 11.7 Å². The van der Waals surface area contributed by atoms with Crippen molar-refractivity contribution in [3.8, 4) is 0 Å². The second-order valence-electron chi connectivity index (χ2n) is 5.05. The number of ether oxygens (including phenoxy) is 1. The zero-order valence-electron chi connectivity index (χ0n) is 11.7. The molecule has 2 atom stereocenters. The van der Waals surface area contributed by atoms with E-state index >= 15 is 0 Å². The standard InChI is InChI=1S/C16H18ClNO3/c1-2-6-13-11-18(10-9-14(13)19)15(21-16(17)20)12-7-4-3-5-8-12/h2-5,7-8,13,15H,1,6,9-11H2. The molecule has 0 saturated carbocycles. The highest BCUT2D eigenvalue weighted by Gasteiger charge is 2.32. The Morgan fingerprint density at radius 1 is 1.48 bits per heavy atom. The van der Waals surface area contributed by atoms with E-state index in [-0.39, 0.29) is 11.7 Å².